The summed E-state index contributed by atoms with van der Waals surface area (Å²) in [5, 5.41) is 25.6. The van der Waals surface area contributed by atoms with Crippen LogP contribution in [-0.2, 0) is 30.9 Å². The van der Waals surface area contributed by atoms with Crippen molar-refractivity contribution in [2.24, 2.45) is 5.92 Å². The number of hydrogen-bond donors (Lipinski definition) is 3. The second-order valence-electron chi connectivity index (χ2n) is 8.93. The molecule has 1 aromatic rings. The first kappa shape index (κ1) is 24.2. The highest BCUT2D eigenvalue weighted by Gasteiger charge is 2.48. The zero-order chi connectivity index (χ0) is 23.3. The third-order valence-electron chi connectivity index (χ3n) is 7.02. The van der Waals surface area contributed by atoms with Crippen LogP contribution in [0.4, 0.5) is 0 Å². The van der Waals surface area contributed by atoms with Crippen LogP contribution < -0.4 is 0 Å². The average molecular weight is 448 g/mol. The van der Waals surface area contributed by atoms with E-state index in [9.17, 15) is 14.7 Å². The lowest BCUT2D eigenvalue weighted by Crippen LogP contribution is -2.58. The lowest BCUT2D eigenvalue weighted by molar-refractivity contribution is -0.184. The van der Waals surface area contributed by atoms with Crippen LogP contribution in [0.5, 0.6) is 5.75 Å². The highest BCUT2D eigenvalue weighted by atomic mass is 16.7. The molecular formula is C24H33NO7. The molecular weight excluding hydrogens is 414 g/mol. The van der Waals surface area contributed by atoms with Crippen LogP contribution in [0.25, 0.3) is 0 Å². The highest BCUT2D eigenvalue weighted by Crippen LogP contribution is 2.49. The predicted molar refractivity (Wildman–Crippen MR) is 118 cm³/mol. The number of carboxylic acids is 2. The normalized spacial score (nSPS) is 27.9. The van der Waals surface area contributed by atoms with Crippen LogP contribution in [0, 0.1) is 5.92 Å². The minimum absolute atomic E-state index is 0.0183. The first-order chi connectivity index (χ1) is 15.2. The van der Waals surface area contributed by atoms with E-state index in [1.807, 2.05) is 12.1 Å². The number of rotatable bonds is 5. The van der Waals surface area contributed by atoms with Gasteiger partial charge in [-0.15, -0.1) is 0 Å². The maximum atomic E-state index is 9.93. The molecule has 1 aromatic carbocycles. The monoisotopic (exact) mass is 447 g/mol. The summed E-state index contributed by atoms with van der Waals surface area (Å²) in [5.74, 6) is -1.52. The number of likely N-dealkylation sites (tertiary alicyclic amines) is 1. The molecule has 0 saturated carbocycles. The fraction of sp³-hybridized carbons (Fsp3) is 0.583. The molecule has 2 aliphatic heterocycles. The molecule has 3 aliphatic rings. The van der Waals surface area contributed by atoms with E-state index in [-0.39, 0.29) is 11.7 Å². The van der Waals surface area contributed by atoms with E-state index in [1.165, 1.54) is 11.1 Å². The van der Waals surface area contributed by atoms with E-state index in [2.05, 4.69) is 24.8 Å². The molecule has 4 rings (SSSR count). The van der Waals surface area contributed by atoms with E-state index in [0.717, 1.165) is 52.0 Å². The summed E-state index contributed by atoms with van der Waals surface area (Å²) in [4.78, 5) is 21.7. The average Bonchev–Trinajstić information content (AvgIpc) is 2.76. The number of fused-ring (bicyclic) bond motifs is 4. The molecule has 2 saturated heterocycles. The summed E-state index contributed by atoms with van der Waals surface area (Å²) in [6.07, 6.45) is 5.30. The highest BCUT2D eigenvalue weighted by molar-refractivity contribution is 5.89. The Bertz CT molecular complexity index is 833. The van der Waals surface area contributed by atoms with Gasteiger partial charge in [0, 0.05) is 31.2 Å². The van der Waals surface area contributed by atoms with Crippen molar-refractivity contribution in [1.82, 2.24) is 4.90 Å². The third kappa shape index (κ3) is 5.68. The fourth-order valence-electron chi connectivity index (χ4n) is 5.09. The molecule has 8 heteroatoms. The largest absolute Gasteiger partial charge is 0.508 e. The Morgan fingerprint density at radius 2 is 1.84 bits per heavy atom. The molecule has 0 radical (unpaired) electrons. The minimum atomic E-state index is -1.26. The van der Waals surface area contributed by atoms with Crippen molar-refractivity contribution in [1.29, 1.82) is 0 Å². The van der Waals surface area contributed by atoms with E-state index in [4.69, 9.17) is 19.7 Å². The van der Waals surface area contributed by atoms with Crippen molar-refractivity contribution in [2.75, 3.05) is 26.3 Å². The zero-order valence-electron chi connectivity index (χ0n) is 18.7. The Morgan fingerprint density at radius 3 is 2.47 bits per heavy atom. The van der Waals surface area contributed by atoms with Gasteiger partial charge in [0.1, 0.15) is 5.75 Å². The second-order valence-corrected chi connectivity index (χ2v) is 8.93. The van der Waals surface area contributed by atoms with Gasteiger partial charge >= 0.3 is 11.9 Å². The maximum absolute atomic E-state index is 9.93. The number of hydrogen-bond acceptors (Lipinski definition) is 6. The molecule has 8 nitrogen and oxygen atoms in total. The topological polar surface area (TPSA) is 117 Å². The summed E-state index contributed by atoms with van der Waals surface area (Å²) in [7, 11) is 0. The zero-order valence-corrected chi connectivity index (χ0v) is 18.7. The van der Waals surface area contributed by atoms with Gasteiger partial charge in [-0.1, -0.05) is 19.9 Å². The van der Waals surface area contributed by atoms with Crippen LogP contribution >= 0.6 is 0 Å². The molecule has 2 bridgehead atoms. The number of aromatic hydroxyl groups is 1. The molecule has 0 spiro atoms. The number of carboxylic acid groups (broad SMARTS) is 2. The van der Waals surface area contributed by atoms with Gasteiger partial charge in [0.05, 0.1) is 13.2 Å². The van der Waals surface area contributed by atoms with Gasteiger partial charge in [-0.05, 0) is 60.4 Å². The van der Waals surface area contributed by atoms with E-state index >= 15 is 0 Å². The molecule has 32 heavy (non-hydrogen) atoms. The van der Waals surface area contributed by atoms with Crippen LogP contribution in [0.1, 0.15) is 44.2 Å². The summed E-state index contributed by atoms with van der Waals surface area (Å²) in [5.41, 5.74) is 2.95. The van der Waals surface area contributed by atoms with Crippen LogP contribution in [0.15, 0.2) is 30.4 Å². The predicted octanol–water partition coefficient (Wildman–Crippen LogP) is 2.78. The molecule has 0 unspecified atom stereocenters. The SMILES string of the molecule is C[C@H]1[C@@H]2Cc3ccc(O)cc3[C@]1(C)CCN2CCC1OCCCO1.O=C(O)/C=C/C(=O)O. The van der Waals surface area contributed by atoms with Gasteiger partial charge in [0.2, 0.25) is 0 Å². The van der Waals surface area contributed by atoms with E-state index in [0.29, 0.717) is 29.9 Å². The molecule has 176 valence electrons. The Hall–Kier alpha value is -2.42. The first-order valence-electron chi connectivity index (χ1n) is 11.1. The smallest absolute Gasteiger partial charge is 0.328 e. The Kier molecular flexibility index (Phi) is 7.92. The van der Waals surface area contributed by atoms with Crippen molar-refractivity contribution in [3.05, 3.63) is 41.5 Å². The molecule has 1 aliphatic carbocycles. The lowest BCUT2D eigenvalue weighted by atomic mass is 9.59. The quantitative estimate of drug-likeness (QED) is 0.590. The molecule has 3 atom stereocenters. The number of carbonyl (C=O) groups is 2. The Labute approximate surface area is 188 Å². The number of aliphatic carboxylic acids is 2. The van der Waals surface area contributed by atoms with Gasteiger partial charge in [0.25, 0.3) is 0 Å². The summed E-state index contributed by atoms with van der Waals surface area (Å²) in [6.45, 7) is 8.60. The third-order valence-corrected chi connectivity index (χ3v) is 7.02. The number of piperidine rings is 1. The van der Waals surface area contributed by atoms with Gasteiger partial charge in [-0.3, -0.25) is 4.90 Å². The standard InChI is InChI=1S/C20H29NO3.C4H4O4/c1-14-18-12-15-4-5-16(22)13-17(15)20(14,2)7-9-21(18)8-6-19-23-10-3-11-24-19;5-3(6)1-2-4(7)8/h4-5,13-14,18-19,22H,3,6-12H2,1-2H3;1-2H,(H,5,6)(H,7,8)/b;2-1+/t14-,18-,20+;/m0./s1. The maximum Gasteiger partial charge on any atom is 0.328 e. The number of phenols is 1. The molecule has 2 fully saturated rings. The first-order valence-corrected chi connectivity index (χ1v) is 11.1. The van der Waals surface area contributed by atoms with Gasteiger partial charge in [-0.25, -0.2) is 9.59 Å². The van der Waals surface area contributed by atoms with E-state index < -0.39 is 11.9 Å². The van der Waals surface area contributed by atoms with Crippen LogP contribution in [0.3, 0.4) is 0 Å². The summed E-state index contributed by atoms with van der Waals surface area (Å²) in [6, 6.07) is 6.53. The minimum Gasteiger partial charge on any atom is -0.508 e. The number of benzene rings is 1. The van der Waals surface area contributed by atoms with Crippen molar-refractivity contribution >= 4 is 11.9 Å². The number of ether oxygens (including phenoxy) is 2. The van der Waals surface area contributed by atoms with Crippen molar-refractivity contribution < 1.29 is 34.4 Å². The van der Waals surface area contributed by atoms with Gasteiger partial charge in [-0.2, -0.15) is 0 Å². The van der Waals surface area contributed by atoms with Crippen molar-refractivity contribution in [3.8, 4) is 5.75 Å². The molecule has 0 amide bonds. The Morgan fingerprint density at radius 1 is 1.19 bits per heavy atom. The van der Waals surface area contributed by atoms with Crippen LogP contribution in [0.2, 0.25) is 0 Å². The Balaban J connectivity index is 0.000000312. The van der Waals surface area contributed by atoms with Crippen molar-refractivity contribution in [3.63, 3.8) is 0 Å². The van der Waals surface area contributed by atoms with Crippen molar-refractivity contribution in [2.45, 2.75) is 57.3 Å². The number of phenolic OH excluding ortho intramolecular Hbond substituents is 1. The fourth-order valence-corrected chi connectivity index (χ4v) is 5.09. The molecule has 2 heterocycles. The second kappa shape index (κ2) is 10.5. The van der Waals surface area contributed by atoms with Crippen LogP contribution in [-0.4, -0.2) is 70.8 Å². The molecule has 0 aromatic heterocycles. The summed E-state index contributed by atoms with van der Waals surface area (Å²) < 4.78 is 11.4. The lowest BCUT2D eigenvalue weighted by Gasteiger charge is -2.54. The number of nitrogens with zero attached hydrogens (tertiary/aromatic N) is 1. The van der Waals surface area contributed by atoms with Gasteiger partial charge < -0.3 is 24.8 Å². The molecule has 3 N–H and O–H groups in total. The van der Waals surface area contributed by atoms with E-state index in [1.54, 1.807) is 0 Å². The summed E-state index contributed by atoms with van der Waals surface area (Å²) >= 11 is 0. The van der Waals surface area contributed by atoms with Gasteiger partial charge in [0.15, 0.2) is 6.29 Å².